The monoisotopic (exact) mass is 275 g/mol. The summed E-state index contributed by atoms with van der Waals surface area (Å²) in [5, 5.41) is 9.96. The summed E-state index contributed by atoms with van der Waals surface area (Å²) < 4.78 is 2.11. The molecule has 0 radical (unpaired) electrons. The van der Waals surface area contributed by atoms with Crippen molar-refractivity contribution < 1.29 is 4.79 Å². The van der Waals surface area contributed by atoms with E-state index in [-0.39, 0.29) is 0 Å². The van der Waals surface area contributed by atoms with E-state index in [9.17, 15) is 4.79 Å². The first-order valence-corrected chi connectivity index (χ1v) is 6.55. The molecule has 0 saturated heterocycles. The first-order valence-electron chi connectivity index (χ1n) is 6.55. The smallest absolute Gasteiger partial charge is 0.248 e. The first-order chi connectivity index (χ1) is 10.2. The van der Waals surface area contributed by atoms with E-state index < -0.39 is 5.91 Å². The molecule has 0 saturated carbocycles. The number of carbonyl (C=O) groups excluding carboxylic acids is 1. The molecule has 3 aromatic rings. The maximum absolute atomic E-state index is 11.1. The minimum atomic E-state index is -0.419. The lowest BCUT2D eigenvalue weighted by atomic mass is 10.1. The molecule has 21 heavy (non-hydrogen) atoms. The fraction of sp³-hybridized carbons (Fsp3) is 0.0588. The minimum Gasteiger partial charge on any atom is -0.366 e. The van der Waals surface area contributed by atoms with Gasteiger partial charge in [0, 0.05) is 29.2 Å². The number of hydrogen-bond acceptors (Lipinski definition) is 2. The summed E-state index contributed by atoms with van der Waals surface area (Å²) in [7, 11) is 0. The highest BCUT2D eigenvalue weighted by Gasteiger charge is 2.04. The van der Waals surface area contributed by atoms with Gasteiger partial charge in [0.15, 0.2) is 0 Å². The lowest BCUT2D eigenvalue weighted by Gasteiger charge is -2.06. The molecule has 0 spiro atoms. The Morgan fingerprint density at radius 3 is 2.57 bits per heavy atom. The molecule has 3 rings (SSSR count). The fourth-order valence-corrected chi connectivity index (χ4v) is 2.38. The maximum Gasteiger partial charge on any atom is 0.248 e. The zero-order chi connectivity index (χ0) is 14.8. The summed E-state index contributed by atoms with van der Waals surface area (Å²) in [6.45, 7) is 0.703. The SMILES string of the molecule is N#Cc1ccc2c(ccn2Cc2ccc(C(N)=O)cc2)c1. The average molecular weight is 275 g/mol. The van der Waals surface area contributed by atoms with E-state index in [1.807, 2.05) is 42.6 Å². The standard InChI is InChI=1S/C17H13N3O/c18-10-13-3-6-16-15(9-13)7-8-20(16)11-12-1-4-14(5-2-12)17(19)21/h1-9H,11H2,(H2,19,21). The second-order valence-electron chi connectivity index (χ2n) is 4.89. The minimum absolute atomic E-state index is 0.419. The Labute approximate surface area is 122 Å². The first kappa shape index (κ1) is 12.9. The number of nitrogens with zero attached hydrogens (tertiary/aromatic N) is 2. The van der Waals surface area contributed by atoms with Crippen molar-refractivity contribution in [1.82, 2.24) is 4.57 Å². The number of primary amides is 1. The molecule has 0 aliphatic carbocycles. The predicted octanol–water partition coefficient (Wildman–Crippen LogP) is 2.66. The normalized spacial score (nSPS) is 10.4. The second-order valence-corrected chi connectivity index (χ2v) is 4.89. The molecule has 2 aromatic carbocycles. The Morgan fingerprint density at radius 2 is 1.90 bits per heavy atom. The highest BCUT2D eigenvalue weighted by molar-refractivity contribution is 5.92. The summed E-state index contributed by atoms with van der Waals surface area (Å²) in [6.07, 6.45) is 1.99. The van der Waals surface area contributed by atoms with Crippen molar-refractivity contribution in [2.75, 3.05) is 0 Å². The molecule has 0 atom stereocenters. The summed E-state index contributed by atoms with van der Waals surface area (Å²) >= 11 is 0. The van der Waals surface area contributed by atoms with Gasteiger partial charge in [0.25, 0.3) is 0 Å². The van der Waals surface area contributed by atoms with Gasteiger partial charge in [-0.25, -0.2) is 0 Å². The van der Waals surface area contributed by atoms with Gasteiger partial charge in [-0.15, -0.1) is 0 Å². The number of amides is 1. The van der Waals surface area contributed by atoms with E-state index in [0.29, 0.717) is 17.7 Å². The summed E-state index contributed by atoms with van der Waals surface area (Å²) in [4.78, 5) is 11.1. The molecule has 0 fully saturated rings. The van der Waals surface area contributed by atoms with E-state index in [4.69, 9.17) is 11.0 Å². The van der Waals surface area contributed by atoms with E-state index in [1.54, 1.807) is 12.1 Å². The van der Waals surface area contributed by atoms with Crippen molar-refractivity contribution >= 4 is 16.8 Å². The van der Waals surface area contributed by atoms with Gasteiger partial charge in [-0.05, 0) is 42.0 Å². The van der Waals surface area contributed by atoms with Gasteiger partial charge in [0.2, 0.25) is 5.91 Å². The summed E-state index contributed by atoms with van der Waals surface area (Å²) in [5.74, 6) is -0.419. The molecule has 0 aliphatic rings. The number of carbonyl (C=O) groups is 1. The molecule has 1 amide bonds. The van der Waals surface area contributed by atoms with Crippen LogP contribution in [0.4, 0.5) is 0 Å². The zero-order valence-electron chi connectivity index (χ0n) is 11.3. The van der Waals surface area contributed by atoms with Crippen LogP contribution in [0.3, 0.4) is 0 Å². The lowest BCUT2D eigenvalue weighted by Crippen LogP contribution is -2.10. The molecule has 4 nitrogen and oxygen atoms in total. The largest absolute Gasteiger partial charge is 0.366 e. The fourth-order valence-electron chi connectivity index (χ4n) is 2.38. The third-order valence-corrected chi connectivity index (χ3v) is 3.49. The molecule has 0 aliphatic heterocycles. The van der Waals surface area contributed by atoms with Crippen LogP contribution in [0.1, 0.15) is 21.5 Å². The van der Waals surface area contributed by atoms with Crippen LogP contribution in [0.15, 0.2) is 54.7 Å². The summed E-state index contributed by atoms with van der Waals surface area (Å²) in [5.41, 5.74) is 8.56. The number of aromatic nitrogens is 1. The van der Waals surface area contributed by atoms with Crippen LogP contribution in [0.5, 0.6) is 0 Å². The van der Waals surface area contributed by atoms with Crippen molar-refractivity contribution in [2.45, 2.75) is 6.54 Å². The van der Waals surface area contributed by atoms with Crippen LogP contribution in [0, 0.1) is 11.3 Å². The van der Waals surface area contributed by atoms with Gasteiger partial charge in [-0.3, -0.25) is 4.79 Å². The maximum atomic E-state index is 11.1. The molecule has 1 heterocycles. The zero-order valence-corrected chi connectivity index (χ0v) is 11.3. The van der Waals surface area contributed by atoms with Crippen LogP contribution in [0.2, 0.25) is 0 Å². The van der Waals surface area contributed by atoms with Crippen molar-refractivity contribution in [2.24, 2.45) is 5.73 Å². The van der Waals surface area contributed by atoms with Crippen LogP contribution in [0.25, 0.3) is 10.9 Å². The van der Waals surface area contributed by atoms with Crippen molar-refractivity contribution in [3.8, 4) is 6.07 Å². The van der Waals surface area contributed by atoms with E-state index in [0.717, 1.165) is 16.5 Å². The van der Waals surface area contributed by atoms with Gasteiger partial charge in [-0.2, -0.15) is 5.26 Å². The predicted molar refractivity (Wildman–Crippen MR) is 80.7 cm³/mol. The van der Waals surface area contributed by atoms with Crippen LogP contribution < -0.4 is 5.73 Å². The van der Waals surface area contributed by atoms with Gasteiger partial charge in [-0.1, -0.05) is 12.1 Å². The van der Waals surface area contributed by atoms with Crippen molar-refractivity contribution in [3.63, 3.8) is 0 Å². The van der Waals surface area contributed by atoms with E-state index in [1.165, 1.54) is 0 Å². The highest BCUT2D eigenvalue weighted by Crippen LogP contribution is 2.19. The number of rotatable bonds is 3. The van der Waals surface area contributed by atoms with Gasteiger partial charge < -0.3 is 10.3 Å². The van der Waals surface area contributed by atoms with Crippen LogP contribution in [-0.2, 0) is 6.54 Å². The third-order valence-electron chi connectivity index (χ3n) is 3.49. The molecule has 0 unspecified atom stereocenters. The Kier molecular flexibility index (Phi) is 3.17. The van der Waals surface area contributed by atoms with Gasteiger partial charge >= 0.3 is 0 Å². The molecular formula is C17H13N3O. The number of hydrogen-bond donors (Lipinski definition) is 1. The van der Waals surface area contributed by atoms with Gasteiger partial charge in [0.05, 0.1) is 11.6 Å². The molecule has 102 valence electrons. The van der Waals surface area contributed by atoms with Gasteiger partial charge in [0.1, 0.15) is 0 Å². The third kappa shape index (κ3) is 2.49. The molecule has 1 aromatic heterocycles. The number of fused-ring (bicyclic) bond motifs is 1. The van der Waals surface area contributed by atoms with E-state index >= 15 is 0 Å². The molecule has 4 heteroatoms. The topological polar surface area (TPSA) is 71.8 Å². The lowest BCUT2D eigenvalue weighted by molar-refractivity contribution is 0.100. The molecule has 0 bridgehead atoms. The highest BCUT2D eigenvalue weighted by atomic mass is 16.1. The van der Waals surface area contributed by atoms with Crippen molar-refractivity contribution in [1.29, 1.82) is 5.26 Å². The quantitative estimate of drug-likeness (QED) is 0.798. The Bertz CT molecular complexity index is 854. The van der Waals surface area contributed by atoms with E-state index in [2.05, 4.69) is 10.6 Å². The number of nitriles is 1. The molecule has 2 N–H and O–H groups in total. The molecular weight excluding hydrogens is 262 g/mol. The number of nitrogens with two attached hydrogens (primary N) is 1. The summed E-state index contributed by atoms with van der Waals surface area (Å²) in [6, 6.07) is 17.0. The average Bonchev–Trinajstić information content (AvgIpc) is 2.90. The van der Waals surface area contributed by atoms with Crippen LogP contribution >= 0.6 is 0 Å². The van der Waals surface area contributed by atoms with Crippen molar-refractivity contribution in [3.05, 3.63) is 71.4 Å². The van der Waals surface area contributed by atoms with Crippen LogP contribution in [-0.4, -0.2) is 10.5 Å². The second kappa shape index (κ2) is 5.14. The Balaban J connectivity index is 1.91. The number of benzene rings is 2. The Hall–Kier alpha value is -3.06. The Morgan fingerprint density at radius 1 is 1.14 bits per heavy atom.